The molecule has 10 nitrogen and oxygen atoms in total. The lowest BCUT2D eigenvalue weighted by atomic mass is 10.1. The number of benzene rings is 2. The molecule has 1 aliphatic heterocycles. The minimum atomic E-state index is -0.659. The quantitative estimate of drug-likeness (QED) is 0.249. The molecule has 2 heterocycles. The van der Waals surface area contributed by atoms with Crippen LogP contribution in [0.25, 0.3) is 11.8 Å². The minimum absolute atomic E-state index is 0.0286. The lowest BCUT2D eigenvalue weighted by Crippen LogP contribution is -2.30. The van der Waals surface area contributed by atoms with Gasteiger partial charge in [0.25, 0.3) is 17.2 Å². The molecule has 4 rings (SSSR count). The van der Waals surface area contributed by atoms with E-state index in [1.54, 1.807) is 18.2 Å². The summed E-state index contributed by atoms with van der Waals surface area (Å²) in [5.41, 5.74) is 1.54. The van der Waals surface area contributed by atoms with E-state index in [0.717, 1.165) is 11.3 Å². The van der Waals surface area contributed by atoms with Gasteiger partial charge in [0.15, 0.2) is 0 Å². The summed E-state index contributed by atoms with van der Waals surface area (Å²) in [6.07, 6.45) is 2.73. The van der Waals surface area contributed by atoms with Crippen LogP contribution in [0.15, 0.2) is 65.1 Å². The molecule has 2 N–H and O–H groups in total. The Labute approximate surface area is 188 Å². The summed E-state index contributed by atoms with van der Waals surface area (Å²) in [6.45, 7) is 1.84. The zero-order chi connectivity index (χ0) is 23.5. The average molecular weight is 447 g/mol. The van der Waals surface area contributed by atoms with Gasteiger partial charge in [-0.1, -0.05) is 43.7 Å². The van der Waals surface area contributed by atoms with E-state index in [4.69, 9.17) is 0 Å². The van der Waals surface area contributed by atoms with Crippen LogP contribution in [0.1, 0.15) is 30.2 Å². The van der Waals surface area contributed by atoms with E-state index in [9.17, 15) is 24.5 Å². The number of amides is 3. The first-order chi connectivity index (χ1) is 15.9. The number of urea groups is 1. The van der Waals surface area contributed by atoms with Crippen molar-refractivity contribution in [3.05, 3.63) is 97.6 Å². The highest BCUT2D eigenvalue weighted by Crippen LogP contribution is 2.20. The molecule has 2 aromatic carbocycles. The lowest BCUT2D eigenvalue weighted by Gasteiger charge is -2.11. The summed E-state index contributed by atoms with van der Waals surface area (Å²) in [5, 5.41) is 16.6. The summed E-state index contributed by atoms with van der Waals surface area (Å²) in [5.74, 6) is -0.610. The molecule has 0 radical (unpaired) electrons. The number of hydrogen-bond donors (Lipinski definition) is 2. The minimum Gasteiger partial charge on any atom is -0.303 e. The molecule has 1 aliphatic rings. The number of carbonyl (C=O) groups excluding carboxylic acids is 2. The summed E-state index contributed by atoms with van der Waals surface area (Å²) in [6, 6.07) is 14.1. The van der Waals surface area contributed by atoms with Crippen LogP contribution in [0.3, 0.4) is 0 Å². The molecule has 33 heavy (non-hydrogen) atoms. The van der Waals surface area contributed by atoms with Crippen LogP contribution in [-0.4, -0.2) is 31.5 Å². The molecule has 3 aromatic rings. The van der Waals surface area contributed by atoms with Gasteiger partial charge in [-0.25, -0.2) is 9.48 Å². The Hall–Kier alpha value is -4.47. The second-order valence-electron chi connectivity index (χ2n) is 7.54. The predicted molar refractivity (Wildman–Crippen MR) is 121 cm³/mol. The van der Waals surface area contributed by atoms with Gasteiger partial charge in [-0.15, -0.1) is 0 Å². The predicted octanol–water partition coefficient (Wildman–Crippen LogP) is 3.12. The van der Waals surface area contributed by atoms with Crippen molar-refractivity contribution >= 4 is 23.7 Å². The number of nitrogens with zero attached hydrogens (tertiary/aromatic N) is 3. The second kappa shape index (κ2) is 8.95. The number of aryl methyl sites for hydroxylation is 1. The first-order valence-electron chi connectivity index (χ1n) is 10.4. The van der Waals surface area contributed by atoms with Gasteiger partial charge in [-0.3, -0.25) is 29.7 Å². The van der Waals surface area contributed by atoms with E-state index < -0.39 is 16.9 Å². The fraction of sp³-hybridized carbons (Fsp3) is 0.174. The molecule has 168 valence electrons. The number of para-hydroxylation sites is 1. The van der Waals surface area contributed by atoms with E-state index in [-0.39, 0.29) is 23.5 Å². The molecule has 1 fully saturated rings. The Morgan fingerprint density at radius 2 is 1.82 bits per heavy atom. The third-order valence-corrected chi connectivity index (χ3v) is 5.23. The number of aromatic nitrogens is 2. The third-order valence-electron chi connectivity index (χ3n) is 5.23. The number of imide groups is 1. The number of rotatable bonds is 7. The van der Waals surface area contributed by atoms with Crippen LogP contribution in [-0.2, 0) is 17.8 Å². The third kappa shape index (κ3) is 4.31. The van der Waals surface area contributed by atoms with E-state index >= 15 is 0 Å². The van der Waals surface area contributed by atoms with Crippen molar-refractivity contribution in [2.45, 2.75) is 26.3 Å². The van der Waals surface area contributed by atoms with E-state index in [2.05, 4.69) is 10.4 Å². The Morgan fingerprint density at radius 1 is 1.06 bits per heavy atom. The molecule has 3 amide bonds. The Morgan fingerprint density at radius 3 is 2.52 bits per heavy atom. The monoisotopic (exact) mass is 447 g/mol. The van der Waals surface area contributed by atoms with Gasteiger partial charge in [-0.05, 0) is 30.2 Å². The number of nitro groups is 1. The number of nitro benzene ring substituents is 1. The molecule has 10 heteroatoms. The molecule has 0 bridgehead atoms. The second-order valence-corrected chi connectivity index (χ2v) is 7.54. The smallest absolute Gasteiger partial charge is 0.303 e. The average Bonchev–Trinajstić information content (AvgIpc) is 3.26. The van der Waals surface area contributed by atoms with Crippen LogP contribution in [0.2, 0.25) is 0 Å². The van der Waals surface area contributed by atoms with Crippen LogP contribution >= 0.6 is 0 Å². The lowest BCUT2D eigenvalue weighted by molar-refractivity contribution is -0.384. The Bertz CT molecular complexity index is 1320. The van der Waals surface area contributed by atoms with Gasteiger partial charge in [-0.2, -0.15) is 0 Å². The maximum absolute atomic E-state index is 13.1. The zero-order valence-corrected chi connectivity index (χ0v) is 17.8. The van der Waals surface area contributed by atoms with Crippen molar-refractivity contribution < 1.29 is 14.5 Å². The first-order valence-corrected chi connectivity index (χ1v) is 10.4. The molecule has 0 saturated carbocycles. The van der Waals surface area contributed by atoms with Crippen molar-refractivity contribution in [2.24, 2.45) is 0 Å². The van der Waals surface area contributed by atoms with Gasteiger partial charge in [0.1, 0.15) is 5.70 Å². The van der Waals surface area contributed by atoms with Crippen LogP contribution in [0.5, 0.6) is 0 Å². The van der Waals surface area contributed by atoms with Crippen LogP contribution in [0, 0.1) is 10.1 Å². The van der Waals surface area contributed by atoms with Crippen molar-refractivity contribution in [3.63, 3.8) is 0 Å². The van der Waals surface area contributed by atoms with Crippen molar-refractivity contribution in [1.82, 2.24) is 20.0 Å². The summed E-state index contributed by atoms with van der Waals surface area (Å²) >= 11 is 0. The molecule has 0 spiro atoms. The molecular formula is C23H21N5O5. The van der Waals surface area contributed by atoms with E-state index in [0.29, 0.717) is 28.9 Å². The zero-order valence-electron chi connectivity index (χ0n) is 17.8. The number of hydrogen-bond acceptors (Lipinski definition) is 5. The summed E-state index contributed by atoms with van der Waals surface area (Å²) in [7, 11) is 0. The number of non-ortho nitro benzene ring substituents is 1. The molecular weight excluding hydrogens is 426 g/mol. The van der Waals surface area contributed by atoms with Crippen LogP contribution in [0.4, 0.5) is 10.5 Å². The molecule has 1 aromatic heterocycles. The molecule has 0 aliphatic carbocycles. The number of nitrogens with one attached hydrogen (secondary N) is 2. The van der Waals surface area contributed by atoms with Gasteiger partial charge < -0.3 is 5.32 Å². The van der Waals surface area contributed by atoms with Crippen molar-refractivity contribution in [1.29, 1.82) is 0 Å². The van der Waals surface area contributed by atoms with E-state index in [1.165, 1.54) is 29.0 Å². The van der Waals surface area contributed by atoms with Gasteiger partial charge in [0.2, 0.25) is 0 Å². The fourth-order valence-electron chi connectivity index (χ4n) is 3.65. The van der Waals surface area contributed by atoms with Gasteiger partial charge >= 0.3 is 6.03 Å². The number of H-pyrrole nitrogens is 1. The van der Waals surface area contributed by atoms with Gasteiger partial charge in [0, 0.05) is 17.8 Å². The largest absolute Gasteiger partial charge is 0.329 e. The highest BCUT2D eigenvalue weighted by molar-refractivity contribution is 6.13. The van der Waals surface area contributed by atoms with Crippen LogP contribution < -0.4 is 10.9 Å². The van der Waals surface area contributed by atoms with Crippen molar-refractivity contribution in [2.75, 3.05) is 0 Å². The summed E-state index contributed by atoms with van der Waals surface area (Å²) in [4.78, 5) is 49.9. The van der Waals surface area contributed by atoms with Crippen molar-refractivity contribution in [3.8, 4) is 5.69 Å². The number of aromatic amines is 1. The first kappa shape index (κ1) is 21.8. The highest BCUT2D eigenvalue weighted by Gasteiger charge is 2.34. The van der Waals surface area contributed by atoms with E-state index in [1.807, 2.05) is 25.1 Å². The number of carbonyl (C=O) groups is 2. The topological polar surface area (TPSA) is 130 Å². The highest BCUT2D eigenvalue weighted by atomic mass is 16.6. The molecule has 0 atom stereocenters. The Kier molecular flexibility index (Phi) is 5.90. The van der Waals surface area contributed by atoms with Gasteiger partial charge in [0.05, 0.1) is 22.7 Å². The Balaban J connectivity index is 1.66. The maximum Gasteiger partial charge on any atom is 0.329 e. The molecule has 0 unspecified atom stereocenters. The standard InChI is InChI=1S/C23H21N5O5/c1-2-7-19-18(21(29)27(25-19)16-9-4-3-5-10-16)13-20-22(30)26(23(31)24-20)14-15-8-6-11-17(12-15)28(32)33/h3-6,8-13,25H,2,7,14H2,1H3,(H,24,31)/b20-13-. The SMILES string of the molecule is CCCc1[nH]n(-c2ccccc2)c(=O)c1/C=C1\NC(=O)N(Cc2cccc([N+](=O)[O-])c2)C1=O. The summed E-state index contributed by atoms with van der Waals surface area (Å²) < 4.78 is 1.40. The normalized spacial score (nSPS) is 14.7. The maximum atomic E-state index is 13.1. The molecule has 1 saturated heterocycles. The fourth-order valence-corrected chi connectivity index (χ4v) is 3.65.